The first-order valence-electron chi connectivity index (χ1n) is 4.60. The first-order chi connectivity index (χ1) is 5.83. The van der Waals surface area contributed by atoms with Crippen molar-refractivity contribution in [3.63, 3.8) is 0 Å². The van der Waals surface area contributed by atoms with Crippen LogP contribution in [0.2, 0.25) is 0 Å². The van der Waals surface area contributed by atoms with Crippen LogP contribution in [-0.2, 0) is 0 Å². The minimum Gasteiger partial charge on any atom is -0.392 e. The van der Waals surface area contributed by atoms with Crippen molar-refractivity contribution < 1.29 is 5.11 Å². The Hall–Kier alpha value is -0.590. The Bertz CT molecular complexity index is 164. The second-order valence-corrected chi connectivity index (χ2v) is 3.36. The molecule has 1 N–H and O–H groups in total. The highest BCUT2D eigenvalue weighted by Crippen LogP contribution is 2.09. The van der Waals surface area contributed by atoms with Gasteiger partial charge in [-0.3, -0.25) is 0 Å². The van der Waals surface area contributed by atoms with E-state index in [0.29, 0.717) is 6.42 Å². The molecule has 3 nitrogen and oxygen atoms in total. The fourth-order valence-electron chi connectivity index (χ4n) is 1.55. The zero-order chi connectivity index (χ0) is 8.81. The fourth-order valence-corrected chi connectivity index (χ4v) is 1.55. The largest absolute Gasteiger partial charge is 0.392 e. The maximum atomic E-state index is 9.21. The summed E-state index contributed by atoms with van der Waals surface area (Å²) in [5.74, 6) is 0. The molecule has 12 heavy (non-hydrogen) atoms. The van der Waals surface area contributed by atoms with Gasteiger partial charge in [0.2, 0.25) is 0 Å². The maximum Gasteiger partial charge on any atom is 0.0679 e. The number of likely N-dealkylation sites (tertiary alicyclic amines) is 1. The van der Waals surface area contributed by atoms with Crippen molar-refractivity contribution in [2.45, 2.75) is 31.8 Å². The molecule has 1 aliphatic heterocycles. The van der Waals surface area contributed by atoms with E-state index >= 15 is 0 Å². The number of unbranched alkanes of at least 4 members (excludes halogenated alkanes) is 2. The van der Waals surface area contributed by atoms with Crippen LogP contribution in [0, 0.1) is 11.3 Å². The van der Waals surface area contributed by atoms with Crippen molar-refractivity contribution >= 4 is 0 Å². The standard InChI is InChI=1S/C9H16N2O/c10-5-2-1-3-6-11-7-4-9(12)8-11/h9,12H,1-4,6-8H2/t9-/m1/s1. The molecule has 0 aromatic rings. The molecule has 0 aliphatic carbocycles. The van der Waals surface area contributed by atoms with E-state index in [9.17, 15) is 5.11 Å². The van der Waals surface area contributed by atoms with E-state index in [2.05, 4.69) is 11.0 Å². The molecule has 1 rings (SSSR count). The molecule has 0 aromatic carbocycles. The molecule has 0 aromatic heterocycles. The molecule has 68 valence electrons. The molecule has 0 saturated carbocycles. The van der Waals surface area contributed by atoms with Gasteiger partial charge in [0.05, 0.1) is 12.2 Å². The van der Waals surface area contributed by atoms with Gasteiger partial charge in [-0.1, -0.05) is 0 Å². The average molecular weight is 168 g/mol. The predicted octanol–water partition coefficient (Wildman–Crippen LogP) is 0.747. The van der Waals surface area contributed by atoms with E-state index in [-0.39, 0.29) is 6.10 Å². The smallest absolute Gasteiger partial charge is 0.0679 e. The van der Waals surface area contributed by atoms with Crippen LogP contribution in [0.4, 0.5) is 0 Å². The van der Waals surface area contributed by atoms with E-state index in [1.165, 1.54) is 0 Å². The Morgan fingerprint density at radius 3 is 2.92 bits per heavy atom. The van der Waals surface area contributed by atoms with Crippen molar-refractivity contribution in [2.24, 2.45) is 0 Å². The number of β-amino-alcohol motifs (C(OH)–C–C–N with tert-alkyl or cyclic N) is 1. The van der Waals surface area contributed by atoms with Gasteiger partial charge in [-0.15, -0.1) is 0 Å². The lowest BCUT2D eigenvalue weighted by atomic mass is 10.2. The summed E-state index contributed by atoms with van der Waals surface area (Å²) in [7, 11) is 0. The summed E-state index contributed by atoms with van der Waals surface area (Å²) >= 11 is 0. The molecule has 1 fully saturated rings. The molecule has 1 aliphatic rings. The van der Waals surface area contributed by atoms with E-state index in [0.717, 1.165) is 38.9 Å². The summed E-state index contributed by atoms with van der Waals surface area (Å²) < 4.78 is 0. The number of nitrogens with zero attached hydrogens (tertiary/aromatic N) is 2. The van der Waals surface area contributed by atoms with E-state index in [1.807, 2.05) is 0 Å². The number of rotatable bonds is 4. The molecule has 0 radical (unpaired) electrons. The van der Waals surface area contributed by atoms with Gasteiger partial charge in [0.1, 0.15) is 0 Å². The minimum absolute atomic E-state index is 0.110. The van der Waals surface area contributed by atoms with Crippen LogP contribution in [0.3, 0.4) is 0 Å². The third-order valence-corrected chi connectivity index (χ3v) is 2.26. The lowest BCUT2D eigenvalue weighted by Crippen LogP contribution is -2.23. The summed E-state index contributed by atoms with van der Waals surface area (Å²) in [5.41, 5.74) is 0. The Morgan fingerprint density at radius 2 is 2.33 bits per heavy atom. The molecule has 1 atom stereocenters. The topological polar surface area (TPSA) is 47.3 Å². The van der Waals surface area contributed by atoms with Crippen molar-refractivity contribution in [1.82, 2.24) is 4.90 Å². The highest BCUT2D eigenvalue weighted by Gasteiger charge is 2.18. The van der Waals surface area contributed by atoms with Crippen LogP contribution in [-0.4, -0.2) is 35.7 Å². The molecule has 0 spiro atoms. The lowest BCUT2D eigenvalue weighted by molar-refractivity contribution is 0.176. The Labute approximate surface area is 73.6 Å². The second-order valence-electron chi connectivity index (χ2n) is 3.36. The van der Waals surface area contributed by atoms with Gasteiger partial charge >= 0.3 is 0 Å². The third-order valence-electron chi connectivity index (χ3n) is 2.26. The molecule has 0 unspecified atom stereocenters. The summed E-state index contributed by atoms with van der Waals surface area (Å²) in [4.78, 5) is 2.27. The zero-order valence-corrected chi connectivity index (χ0v) is 7.37. The predicted molar refractivity (Wildman–Crippen MR) is 46.5 cm³/mol. The molecule has 0 amide bonds. The minimum atomic E-state index is -0.110. The number of nitriles is 1. The molecule has 3 heteroatoms. The van der Waals surface area contributed by atoms with Gasteiger partial charge < -0.3 is 10.0 Å². The van der Waals surface area contributed by atoms with Gasteiger partial charge in [0, 0.05) is 19.5 Å². The fraction of sp³-hybridized carbons (Fsp3) is 0.889. The SMILES string of the molecule is N#CCCCCN1CC[C@@H](O)C1. The second kappa shape index (κ2) is 5.13. The van der Waals surface area contributed by atoms with Crippen molar-refractivity contribution in [2.75, 3.05) is 19.6 Å². The van der Waals surface area contributed by atoms with Crippen LogP contribution in [0.15, 0.2) is 0 Å². The monoisotopic (exact) mass is 168 g/mol. The van der Waals surface area contributed by atoms with Crippen LogP contribution in [0.25, 0.3) is 0 Å². The number of hydrogen-bond acceptors (Lipinski definition) is 3. The van der Waals surface area contributed by atoms with E-state index in [4.69, 9.17) is 5.26 Å². The van der Waals surface area contributed by atoms with Crippen LogP contribution in [0.5, 0.6) is 0 Å². The van der Waals surface area contributed by atoms with Crippen LogP contribution < -0.4 is 0 Å². The summed E-state index contributed by atoms with van der Waals surface area (Å²) in [6, 6.07) is 2.13. The first kappa shape index (κ1) is 9.50. The van der Waals surface area contributed by atoms with Crippen molar-refractivity contribution in [1.29, 1.82) is 5.26 Å². The summed E-state index contributed by atoms with van der Waals surface area (Å²) in [6.45, 7) is 2.89. The summed E-state index contributed by atoms with van der Waals surface area (Å²) in [6.07, 6.45) is 3.54. The van der Waals surface area contributed by atoms with Gasteiger partial charge in [-0.2, -0.15) is 5.26 Å². The number of aliphatic hydroxyl groups excluding tert-OH is 1. The van der Waals surface area contributed by atoms with Crippen LogP contribution >= 0.6 is 0 Å². The Kier molecular flexibility index (Phi) is 4.06. The molecular formula is C9H16N2O. The third kappa shape index (κ3) is 3.21. The zero-order valence-electron chi connectivity index (χ0n) is 7.37. The van der Waals surface area contributed by atoms with Crippen molar-refractivity contribution in [3.05, 3.63) is 0 Å². The Morgan fingerprint density at radius 1 is 1.50 bits per heavy atom. The summed E-state index contributed by atoms with van der Waals surface area (Å²) in [5, 5.41) is 17.5. The van der Waals surface area contributed by atoms with Crippen LogP contribution in [0.1, 0.15) is 25.7 Å². The maximum absolute atomic E-state index is 9.21. The van der Waals surface area contributed by atoms with Gasteiger partial charge in [-0.25, -0.2) is 0 Å². The van der Waals surface area contributed by atoms with Crippen molar-refractivity contribution in [3.8, 4) is 6.07 Å². The van der Waals surface area contributed by atoms with Gasteiger partial charge in [-0.05, 0) is 25.8 Å². The normalized spacial score (nSPS) is 24.2. The molecule has 0 bridgehead atoms. The number of hydrogen-bond donors (Lipinski definition) is 1. The van der Waals surface area contributed by atoms with Gasteiger partial charge in [0.15, 0.2) is 0 Å². The van der Waals surface area contributed by atoms with Gasteiger partial charge in [0.25, 0.3) is 0 Å². The molecule has 1 heterocycles. The van der Waals surface area contributed by atoms with E-state index in [1.54, 1.807) is 0 Å². The average Bonchev–Trinajstić information content (AvgIpc) is 2.45. The Balaban J connectivity index is 1.97. The molecular weight excluding hydrogens is 152 g/mol. The quantitative estimate of drug-likeness (QED) is 0.630. The first-order valence-corrected chi connectivity index (χ1v) is 4.60. The number of aliphatic hydroxyl groups is 1. The highest BCUT2D eigenvalue weighted by molar-refractivity contribution is 4.75. The highest BCUT2D eigenvalue weighted by atomic mass is 16.3. The van der Waals surface area contributed by atoms with E-state index < -0.39 is 0 Å². The lowest BCUT2D eigenvalue weighted by Gasteiger charge is -2.13. The molecule has 1 saturated heterocycles.